The molecule has 0 radical (unpaired) electrons. The van der Waals surface area contributed by atoms with Gasteiger partial charge in [0.2, 0.25) is 5.60 Å². The largest absolute Gasteiger partial charge is 0.425 e. The second kappa shape index (κ2) is 7.07. The standard InChI is InChI=1S/C21H25F3O2Si/c1-4-27(5-2,6-3)26-20(21(22,23)24)17-13-9-7-11-15(17)19(25)16-12-8-10-14-18(16)20/h7-14,19,25H,4-6H2,1-3H3. The molecule has 0 atom stereocenters. The van der Waals surface area contributed by atoms with Gasteiger partial charge in [-0.2, -0.15) is 13.2 Å². The highest BCUT2D eigenvalue weighted by atomic mass is 28.4. The fourth-order valence-electron chi connectivity index (χ4n) is 4.19. The minimum absolute atomic E-state index is 0.0101. The zero-order valence-corrected chi connectivity index (χ0v) is 16.8. The molecule has 1 aliphatic rings. The number of fused-ring (bicyclic) bond motifs is 2. The number of hydrogen-bond acceptors (Lipinski definition) is 2. The first-order valence-electron chi connectivity index (χ1n) is 9.40. The van der Waals surface area contributed by atoms with Crippen LogP contribution in [0.4, 0.5) is 13.2 Å². The average Bonchev–Trinajstić information content (AvgIpc) is 2.68. The smallest absolute Gasteiger partial charge is 0.396 e. The summed E-state index contributed by atoms with van der Waals surface area (Å²) >= 11 is 0. The predicted octanol–water partition coefficient (Wildman–Crippen LogP) is 5.91. The van der Waals surface area contributed by atoms with Gasteiger partial charge in [0.25, 0.3) is 0 Å². The van der Waals surface area contributed by atoms with Crippen LogP contribution in [0.1, 0.15) is 49.1 Å². The molecule has 2 aromatic carbocycles. The van der Waals surface area contributed by atoms with Gasteiger partial charge in [0.15, 0.2) is 8.32 Å². The van der Waals surface area contributed by atoms with Crippen LogP contribution in [0.15, 0.2) is 48.5 Å². The van der Waals surface area contributed by atoms with Crippen LogP contribution >= 0.6 is 0 Å². The van der Waals surface area contributed by atoms with Gasteiger partial charge < -0.3 is 9.53 Å². The third kappa shape index (κ3) is 2.94. The van der Waals surface area contributed by atoms with E-state index in [2.05, 4.69) is 0 Å². The zero-order chi connectivity index (χ0) is 19.9. The highest BCUT2D eigenvalue weighted by molar-refractivity contribution is 6.73. The van der Waals surface area contributed by atoms with E-state index in [1.165, 1.54) is 12.1 Å². The molecule has 0 bridgehead atoms. The van der Waals surface area contributed by atoms with Gasteiger partial charge in [-0.05, 0) is 29.3 Å². The molecule has 0 unspecified atom stereocenters. The predicted molar refractivity (Wildman–Crippen MR) is 102 cm³/mol. The lowest BCUT2D eigenvalue weighted by Crippen LogP contribution is -2.56. The Kier molecular flexibility index (Phi) is 5.27. The van der Waals surface area contributed by atoms with Crippen molar-refractivity contribution in [3.8, 4) is 0 Å². The minimum atomic E-state index is -4.66. The molecule has 2 nitrogen and oxygen atoms in total. The van der Waals surface area contributed by atoms with Crippen LogP contribution in [-0.4, -0.2) is 19.6 Å². The first-order chi connectivity index (χ1) is 12.8. The molecule has 0 aliphatic heterocycles. The lowest BCUT2D eigenvalue weighted by Gasteiger charge is -2.48. The lowest BCUT2D eigenvalue weighted by molar-refractivity contribution is -0.243. The van der Waals surface area contributed by atoms with E-state index in [1.807, 2.05) is 20.8 Å². The van der Waals surface area contributed by atoms with Crippen LogP contribution in [0.3, 0.4) is 0 Å². The summed E-state index contributed by atoms with van der Waals surface area (Å²) in [4.78, 5) is 0. The second-order valence-electron chi connectivity index (χ2n) is 7.10. The van der Waals surface area contributed by atoms with E-state index in [1.54, 1.807) is 36.4 Å². The van der Waals surface area contributed by atoms with Gasteiger partial charge in [-0.25, -0.2) is 0 Å². The molecule has 3 rings (SSSR count). The van der Waals surface area contributed by atoms with E-state index in [0.717, 1.165) is 0 Å². The molecule has 0 saturated carbocycles. The Morgan fingerprint density at radius 1 is 0.889 bits per heavy atom. The van der Waals surface area contributed by atoms with Crippen LogP contribution in [0.5, 0.6) is 0 Å². The van der Waals surface area contributed by atoms with Crippen molar-refractivity contribution in [1.29, 1.82) is 0 Å². The second-order valence-corrected chi connectivity index (χ2v) is 11.8. The summed E-state index contributed by atoms with van der Waals surface area (Å²) in [6, 6.07) is 14.3. The molecule has 27 heavy (non-hydrogen) atoms. The Bertz CT molecular complexity index is 759. The van der Waals surface area contributed by atoms with Crippen molar-refractivity contribution in [2.75, 3.05) is 0 Å². The van der Waals surface area contributed by atoms with E-state index in [0.29, 0.717) is 18.1 Å². The van der Waals surface area contributed by atoms with E-state index in [-0.39, 0.29) is 22.3 Å². The maximum Gasteiger partial charge on any atom is 0.425 e. The molecule has 6 heteroatoms. The van der Waals surface area contributed by atoms with E-state index >= 15 is 0 Å². The molecular weight excluding hydrogens is 369 g/mol. The van der Waals surface area contributed by atoms with Gasteiger partial charge in [0.05, 0.1) is 0 Å². The molecule has 0 aromatic heterocycles. The van der Waals surface area contributed by atoms with Gasteiger partial charge in [0, 0.05) is 11.1 Å². The molecule has 0 fully saturated rings. The Labute approximate surface area is 159 Å². The van der Waals surface area contributed by atoms with Crippen molar-refractivity contribution in [2.45, 2.75) is 56.8 Å². The van der Waals surface area contributed by atoms with Crippen LogP contribution in [-0.2, 0) is 10.0 Å². The van der Waals surface area contributed by atoms with Gasteiger partial charge in [-0.15, -0.1) is 0 Å². The van der Waals surface area contributed by atoms with Crippen molar-refractivity contribution in [2.24, 2.45) is 0 Å². The zero-order valence-electron chi connectivity index (χ0n) is 15.8. The van der Waals surface area contributed by atoms with Crippen LogP contribution in [0.25, 0.3) is 0 Å². The summed E-state index contributed by atoms with van der Waals surface area (Å²) in [6.45, 7) is 5.75. The molecule has 146 valence electrons. The number of benzene rings is 2. The molecule has 1 N–H and O–H groups in total. The lowest BCUT2D eigenvalue weighted by atomic mass is 9.73. The summed E-state index contributed by atoms with van der Waals surface area (Å²) < 4.78 is 50.8. The SMILES string of the molecule is CC[Si](CC)(CC)OC1(C(F)(F)F)c2ccccc2C(O)c2ccccc21. The number of halogens is 3. The number of hydrogen-bond donors (Lipinski definition) is 1. The molecule has 0 amide bonds. The monoisotopic (exact) mass is 394 g/mol. The maximum absolute atomic E-state index is 14.8. The van der Waals surface area contributed by atoms with E-state index in [9.17, 15) is 18.3 Å². The Morgan fingerprint density at radius 3 is 1.67 bits per heavy atom. The molecule has 0 saturated heterocycles. The van der Waals surface area contributed by atoms with Gasteiger partial charge in [-0.1, -0.05) is 69.3 Å². The van der Waals surface area contributed by atoms with Crippen molar-refractivity contribution in [3.63, 3.8) is 0 Å². The summed E-state index contributed by atoms with van der Waals surface area (Å²) in [5.41, 5.74) is -2.00. The van der Waals surface area contributed by atoms with Gasteiger partial charge in [-0.3, -0.25) is 0 Å². The van der Waals surface area contributed by atoms with Crippen molar-refractivity contribution in [1.82, 2.24) is 0 Å². The average molecular weight is 395 g/mol. The van der Waals surface area contributed by atoms with Crippen LogP contribution in [0.2, 0.25) is 18.1 Å². The fourth-order valence-corrected chi connectivity index (χ4v) is 7.11. The van der Waals surface area contributed by atoms with Crippen LogP contribution < -0.4 is 0 Å². The highest BCUT2D eigenvalue weighted by Crippen LogP contribution is 2.56. The summed E-state index contributed by atoms with van der Waals surface area (Å²) in [5, 5.41) is 10.8. The number of aliphatic hydroxyl groups is 1. The molecule has 0 heterocycles. The maximum atomic E-state index is 14.8. The van der Waals surface area contributed by atoms with Gasteiger partial charge in [0.1, 0.15) is 6.10 Å². The van der Waals surface area contributed by atoms with Gasteiger partial charge >= 0.3 is 6.18 Å². The number of aliphatic hydroxyl groups excluding tert-OH is 1. The molecule has 0 spiro atoms. The number of rotatable bonds is 5. The van der Waals surface area contributed by atoms with E-state index < -0.39 is 26.2 Å². The normalized spacial score (nSPS) is 22.3. The quantitative estimate of drug-likeness (QED) is 0.639. The summed E-state index contributed by atoms with van der Waals surface area (Å²) in [5.74, 6) is 0. The molecular formula is C21H25F3O2Si. The van der Waals surface area contributed by atoms with Crippen molar-refractivity contribution in [3.05, 3.63) is 70.8 Å². The van der Waals surface area contributed by atoms with E-state index in [4.69, 9.17) is 4.43 Å². The first-order valence-corrected chi connectivity index (χ1v) is 11.9. The highest BCUT2D eigenvalue weighted by Gasteiger charge is 2.64. The Balaban J connectivity index is 2.39. The molecule has 2 aromatic rings. The van der Waals surface area contributed by atoms with Crippen molar-refractivity contribution >= 4 is 8.32 Å². The molecule has 1 aliphatic carbocycles. The first kappa shape index (κ1) is 20.1. The topological polar surface area (TPSA) is 29.5 Å². The summed E-state index contributed by atoms with van der Waals surface area (Å²) in [7, 11) is -2.65. The number of alkyl halides is 3. The Hall–Kier alpha value is -1.63. The van der Waals surface area contributed by atoms with Crippen LogP contribution in [0, 0.1) is 0 Å². The Morgan fingerprint density at radius 2 is 1.30 bits per heavy atom. The third-order valence-corrected chi connectivity index (χ3v) is 10.6. The third-order valence-electron chi connectivity index (χ3n) is 5.97. The van der Waals surface area contributed by atoms with Crippen molar-refractivity contribution < 1.29 is 22.7 Å². The summed E-state index contributed by atoms with van der Waals surface area (Å²) in [6.07, 6.45) is -5.76. The fraction of sp³-hybridized carbons (Fsp3) is 0.429. The minimum Gasteiger partial charge on any atom is -0.396 e.